The van der Waals surface area contributed by atoms with Crippen LogP contribution in [0.15, 0.2) is 42.5 Å². The zero-order valence-electron chi connectivity index (χ0n) is 17.6. The quantitative estimate of drug-likeness (QED) is 0.618. The number of nitrogens with one attached hydrogen (secondary N) is 2. The second-order valence-electron chi connectivity index (χ2n) is 7.81. The van der Waals surface area contributed by atoms with E-state index in [1.807, 2.05) is 56.4 Å². The zero-order chi connectivity index (χ0) is 20.9. The zero-order valence-corrected chi connectivity index (χ0v) is 17.6. The van der Waals surface area contributed by atoms with E-state index in [0.29, 0.717) is 5.75 Å². The number of carbonyl (C=O) groups excluding carboxylic acids is 1. The number of hydrogen-bond donors (Lipinski definition) is 2. The van der Waals surface area contributed by atoms with Gasteiger partial charge in [0.25, 0.3) is 5.91 Å². The SMILES string of the molecule is Cc1cccc(OCC(=O)Nc2ccc3c(c2)nc(CC[NH+]2CCOCC2)n3C)c1. The van der Waals surface area contributed by atoms with Crippen LogP contribution in [0.4, 0.5) is 5.69 Å². The number of nitrogens with zero attached hydrogens (tertiary/aromatic N) is 2. The first-order valence-electron chi connectivity index (χ1n) is 10.4. The number of amides is 1. The van der Waals surface area contributed by atoms with Crippen molar-refractivity contribution in [3.8, 4) is 5.75 Å². The van der Waals surface area contributed by atoms with E-state index in [9.17, 15) is 4.79 Å². The van der Waals surface area contributed by atoms with E-state index in [0.717, 1.165) is 67.4 Å². The van der Waals surface area contributed by atoms with Gasteiger partial charge >= 0.3 is 0 Å². The van der Waals surface area contributed by atoms with Crippen molar-refractivity contribution in [2.45, 2.75) is 13.3 Å². The second kappa shape index (κ2) is 9.28. The molecule has 3 aromatic rings. The highest BCUT2D eigenvalue weighted by Gasteiger charge is 2.16. The van der Waals surface area contributed by atoms with Crippen LogP contribution >= 0.6 is 0 Å². The predicted molar refractivity (Wildman–Crippen MR) is 116 cm³/mol. The van der Waals surface area contributed by atoms with Gasteiger partial charge in [-0.25, -0.2) is 4.98 Å². The van der Waals surface area contributed by atoms with Crippen molar-refractivity contribution in [3.63, 3.8) is 0 Å². The maximum Gasteiger partial charge on any atom is 0.262 e. The second-order valence-corrected chi connectivity index (χ2v) is 7.81. The minimum atomic E-state index is -0.192. The van der Waals surface area contributed by atoms with Crippen LogP contribution in [0.25, 0.3) is 11.0 Å². The molecule has 1 amide bonds. The molecule has 0 bridgehead atoms. The Kier molecular flexibility index (Phi) is 6.30. The van der Waals surface area contributed by atoms with E-state index in [-0.39, 0.29) is 12.5 Å². The van der Waals surface area contributed by atoms with Gasteiger partial charge in [-0.05, 0) is 42.8 Å². The Morgan fingerprint density at radius 2 is 2.07 bits per heavy atom. The maximum absolute atomic E-state index is 12.3. The molecule has 158 valence electrons. The Morgan fingerprint density at radius 3 is 2.87 bits per heavy atom. The van der Waals surface area contributed by atoms with E-state index in [2.05, 4.69) is 9.88 Å². The van der Waals surface area contributed by atoms with Gasteiger partial charge in [0.2, 0.25) is 0 Å². The summed E-state index contributed by atoms with van der Waals surface area (Å²) in [5.74, 6) is 1.57. The summed E-state index contributed by atoms with van der Waals surface area (Å²) >= 11 is 0. The normalized spacial score (nSPS) is 14.7. The van der Waals surface area contributed by atoms with Crippen molar-refractivity contribution in [2.75, 3.05) is 44.8 Å². The molecule has 0 saturated carbocycles. The van der Waals surface area contributed by atoms with Gasteiger partial charge in [0.15, 0.2) is 6.61 Å². The highest BCUT2D eigenvalue weighted by Crippen LogP contribution is 2.20. The molecule has 1 fully saturated rings. The summed E-state index contributed by atoms with van der Waals surface area (Å²) in [6, 6.07) is 13.5. The van der Waals surface area contributed by atoms with E-state index < -0.39 is 0 Å². The van der Waals surface area contributed by atoms with Gasteiger partial charge in [-0.3, -0.25) is 4.79 Å². The summed E-state index contributed by atoms with van der Waals surface area (Å²) in [5, 5.41) is 2.90. The highest BCUT2D eigenvalue weighted by molar-refractivity contribution is 5.94. The third kappa shape index (κ3) is 4.98. The summed E-state index contributed by atoms with van der Waals surface area (Å²) in [5.41, 5.74) is 3.78. The molecule has 2 heterocycles. The van der Waals surface area contributed by atoms with Gasteiger partial charge in [-0.2, -0.15) is 0 Å². The molecule has 7 heteroatoms. The van der Waals surface area contributed by atoms with Crippen LogP contribution in [0.5, 0.6) is 5.75 Å². The Bertz CT molecular complexity index is 1020. The molecule has 0 radical (unpaired) electrons. The van der Waals surface area contributed by atoms with Crippen molar-refractivity contribution in [2.24, 2.45) is 7.05 Å². The minimum Gasteiger partial charge on any atom is -0.484 e. The number of anilines is 1. The molecule has 1 aromatic heterocycles. The molecule has 1 aliphatic rings. The summed E-state index contributed by atoms with van der Waals surface area (Å²) < 4.78 is 13.1. The topological polar surface area (TPSA) is 69.8 Å². The fourth-order valence-electron chi connectivity index (χ4n) is 3.80. The standard InChI is InChI=1S/C23H28N4O3/c1-17-4-3-5-19(14-17)30-16-23(28)24-18-6-7-21-20(15-18)25-22(26(21)2)8-9-27-10-12-29-13-11-27/h3-7,14-15H,8-13,16H2,1-2H3,(H,24,28)/p+1. The van der Waals surface area contributed by atoms with E-state index in [1.165, 1.54) is 0 Å². The first kappa shape index (κ1) is 20.4. The Hall–Kier alpha value is -2.90. The third-order valence-corrected chi connectivity index (χ3v) is 5.52. The molecule has 0 unspecified atom stereocenters. The minimum absolute atomic E-state index is 0.0305. The molecule has 4 rings (SSSR count). The van der Waals surface area contributed by atoms with E-state index in [1.54, 1.807) is 4.90 Å². The molecular weight excluding hydrogens is 380 g/mol. The molecular formula is C23H29N4O3+. The van der Waals surface area contributed by atoms with Gasteiger partial charge in [0, 0.05) is 12.7 Å². The first-order chi connectivity index (χ1) is 14.6. The summed E-state index contributed by atoms with van der Waals surface area (Å²) in [6.45, 7) is 6.82. The smallest absolute Gasteiger partial charge is 0.262 e. The average Bonchev–Trinajstić information content (AvgIpc) is 3.06. The molecule has 30 heavy (non-hydrogen) atoms. The van der Waals surface area contributed by atoms with Crippen molar-refractivity contribution in [1.82, 2.24) is 9.55 Å². The van der Waals surface area contributed by atoms with Gasteiger partial charge in [0.1, 0.15) is 24.7 Å². The Balaban J connectivity index is 1.37. The van der Waals surface area contributed by atoms with Gasteiger partial charge in [-0.15, -0.1) is 0 Å². The molecule has 7 nitrogen and oxygen atoms in total. The van der Waals surface area contributed by atoms with Crippen LogP contribution in [-0.2, 0) is 23.0 Å². The van der Waals surface area contributed by atoms with Crippen LogP contribution in [0.3, 0.4) is 0 Å². The molecule has 2 aromatic carbocycles. The molecule has 2 N–H and O–H groups in total. The van der Waals surface area contributed by atoms with Crippen molar-refractivity contribution >= 4 is 22.6 Å². The Labute approximate surface area is 176 Å². The molecule has 1 aliphatic heterocycles. The summed E-state index contributed by atoms with van der Waals surface area (Å²) in [6.07, 6.45) is 0.923. The van der Waals surface area contributed by atoms with Crippen LogP contribution in [0.2, 0.25) is 0 Å². The van der Waals surface area contributed by atoms with Crippen molar-refractivity contribution in [1.29, 1.82) is 0 Å². The van der Waals surface area contributed by atoms with E-state index in [4.69, 9.17) is 14.5 Å². The number of ether oxygens (including phenoxy) is 2. The number of aromatic nitrogens is 2. The van der Waals surface area contributed by atoms with Crippen LogP contribution in [0.1, 0.15) is 11.4 Å². The van der Waals surface area contributed by atoms with Gasteiger partial charge in [-0.1, -0.05) is 12.1 Å². The van der Waals surface area contributed by atoms with Gasteiger partial charge < -0.3 is 24.3 Å². The first-order valence-corrected chi connectivity index (χ1v) is 10.4. The number of fused-ring (bicyclic) bond motifs is 1. The summed E-state index contributed by atoms with van der Waals surface area (Å²) in [7, 11) is 2.05. The fourth-order valence-corrected chi connectivity index (χ4v) is 3.80. The average molecular weight is 410 g/mol. The third-order valence-electron chi connectivity index (χ3n) is 5.52. The molecule has 1 saturated heterocycles. The van der Waals surface area contributed by atoms with Crippen LogP contribution < -0.4 is 15.0 Å². The van der Waals surface area contributed by atoms with Crippen molar-refractivity contribution < 1.29 is 19.2 Å². The highest BCUT2D eigenvalue weighted by atomic mass is 16.5. The van der Waals surface area contributed by atoms with Crippen LogP contribution in [-0.4, -0.2) is 54.9 Å². The number of benzene rings is 2. The molecule has 0 spiro atoms. The number of aryl methyl sites for hydroxylation is 2. The number of carbonyl (C=O) groups is 1. The monoisotopic (exact) mass is 409 g/mol. The van der Waals surface area contributed by atoms with Crippen LogP contribution in [0, 0.1) is 6.92 Å². The number of rotatable bonds is 7. The summed E-state index contributed by atoms with van der Waals surface area (Å²) in [4.78, 5) is 18.7. The van der Waals surface area contributed by atoms with Gasteiger partial charge in [0.05, 0.1) is 37.2 Å². The number of imidazole rings is 1. The van der Waals surface area contributed by atoms with E-state index >= 15 is 0 Å². The Morgan fingerprint density at radius 1 is 1.23 bits per heavy atom. The molecule has 0 aliphatic carbocycles. The largest absolute Gasteiger partial charge is 0.484 e. The fraction of sp³-hybridized carbons (Fsp3) is 0.391. The number of quaternary nitrogens is 1. The maximum atomic E-state index is 12.3. The lowest BCUT2D eigenvalue weighted by atomic mass is 10.2. The lowest BCUT2D eigenvalue weighted by molar-refractivity contribution is -0.907. The van der Waals surface area contributed by atoms with Crippen molar-refractivity contribution in [3.05, 3.63) is 53.9 Å². The predicted octanol–water partition coefficient (Wildman–Crippen LogP) is 1.36. The number of hydrogen-bond acceptors (Lipinski definition) is 4. The lowest BCUT2D eigenvalue weighted by Crippen LogP contribution is -3.14. The number of morpholine rings is 1. The molecule has 0 atom stereocenters. The lowest BCUT2D eigenvalue weighted by Gasteiger charge is -2.23.